The quantitative estimate of drug-likeness (QED) is 0.868. The number of hydrogen-bond donors (Lipinski definition) is 1. The number of likely N-dealkylation sites (N-methyl/N-ethyl adjacent to an activating group) is 1. The van der Waals surface area contributed by atoms with Crippen LogP contribution in [0.1, 0.15) is 17.2 Å². The van der Waals surface area contributed by atoms with E-state index in [9.17, 15) is 17.6 Å². The minimum atomic E-state index is -4.56. The standard InChI is InChI=1S/C14H19F4N3/c1-20-2-4-21(5-3-20)13(9-19)10-6-11(14(16,17)18)8-12(15)7-10/h6-8,13H,2-5,9,19H2,1H3. The van der Waals surface area contributed by atoms with Crippen LogP contribution in [0.25, 0.3) is 0 Å². The number of nitrogens with two attached hydrogens (primary N) is 1. The zero-order chi connectivity index (χ0) is 15.6. The fourth-order valence-corrected chi connectivity index (χ4v) is 2.60. The molecule has 1 aromatic carbocycles. The van der Waals surface area contributed by atoms with E-state index < -0.39 is 23.6 Å². The average Bonchev–Trinajstić information content (AvgIpc) is 2.40. The summed E-state index contributed by atoms with van der Waals surface area (Å²) in [6.07, 6.45) is -4.56. The molecule has 0 bridgehead atoms. The predicted molar refractivity (Wildman–Crippen MR) is 72.3 cm³/mol. The van der Waals surface area contributed by atoms with Crippen LogP contribution in [0.4, 0.5) is 17.6 Å². The van der Waals surface area contributed by atoms with Gasteiger partial charge in [0.25, 0.3) is 0 Å². The van der Waals surface area contributed by atoms with Gasteiger partial charge in [0, 0.05) is 38.8 Å². The van der Waals surface area contributed by atoms with E-state index in [0.717, 1.165) is 25.2 Å². The summed E-state index contributed by atoms with van der Waals surface area (Å²) in [6, 6.07) is 2.26. The first-order valence-corrected chi connectivity index (χ1v) is 6.81. The van der Waals surface area contributed by atoms with E-state index in [0.29, 0.717) is 19.2 Å². The van der Waals surface area contributed by atoms with Gasteiger partial charge in [-0.05, 0) is 30.8 Å². The second-order valence-electron chi connectivity index (χ2n) is 5.36. The van der Waals surface area contributed by atoms with E-state index in [4.69, 9.17) is 5.73 Å². The van der Waals surface area contributed by atoms with Gasteiger partial charge in [0.05, 0.1) is 5.56 Å². The third-order valence-corrected chi connectivity index (χ3v) is 3.83. The Morgan fingerprint density at radius 3 is 2.29 bits per heavy atom. The Hall–Kier alpha value is -1.18. The molecule has 1 unspecified atom stereocenters. The van der Waals surface area contributed by atoms with Crippen LogP contribution < -0.4 is 5.73 Å². The maximum absolute atomic E-state index is 13.5. The first kappa shape index (κ1) is 16.2. The Kier molecular flexibility index (Phi) is 4.85. The molecule has 1 atom stereocenters. The van der Waals surface area contributed by atoms with E-state index in [1.54, 1.807) is 0 Å². The average molecular weight is 305 g/mol. The van der Waals surface area contributed by atoms with Gasteiger partial charge in [0.2, 0.25) is 0 Å². The molecule has 0 radical (unpaired) electrons. The van der Waals surface area contributed by atoms with Gasteiger partial charge in [-0.25, -0.2) is 4.39 Å². The molecule has 7 heteroatoms. The Labute approximate surface area is 121 Å². The van der Waals surface area contributed by atoms with Crippen LogP contribution in [0.5, 0.6) is 0 Å². The molecule has 118 valence electrons. The highest BCUT2D eigenvalue weighted by Gasteiger charge is 2.33. The summed E-state index contributed by atoms with van der Waals surface area (Å²) < 4.78 is 51.9. The number of benzene rings is 1. The maximum Gasteiger partial charge on any atom is 0.416 e. The van der Waals surface area contributed by atoms with Crippen LogP contribution in [0, 0.1) is 5.82 Å². The third kappa shape index (κ3) is 3.93. The third-order valence-electron chi connectivity index (χ3n) is 3.83. The molecule has 1 aromatic rings. The van der Waals surface area contributed by atoms with Crippen LogP contribution in [-0.4, -0.2) is 49.6 Å². The molecule has 1 fully saturated rings. The Morgan fingerprint density at radius 1 is 1.14 bits per heavy atom. The van der Waals surface area contributed by atoms with Crippen molar-refractivity contribution >= 4 is 0 Å². The molecule has 0 spiro atoms. The smallest absolute Gasteiger partial charge is 0.329 e. The second-order valence-corrected chi connectivity index (χ2v) is 5.36. The maximum atomic E-state index is 13.5. The Bertz CT molecular complexity index is 482. The molecule has 0 amide bonds. The van der Waals surface area contributed by atoms with Gasteiger partial charge in [-0.1, -0.05) is 0 Å². The van der Waals surface area contributed by atoms with Crippen molar-refractivity contribution in [2.45, 2.75) is 12.2 Å². The van der Waals surface area contributed by atoms with Crippen molar-refractivity contribution in [2.75, 3.05) is 39.8 Å². The van der Waals surface area contributed by atoms with Crippen molar-refractivity contribution in [2.24, 2.45) is 5.73 Å². The van der Waals surface area contributed by atoms with Crippen LogP contribution in [0.2, 0.25) is 0 Å². The summed E-state index contributed by atoms with van der Waals surface area (Å²) in [7, 11) is 1.98. The molecule has 1 aliphatic rings. The molecular weight excluding hydrogens is 286 g/mol. The number of nitrogens with zero attached hydrogens (tertiary/aromatic N) is 2. The minimum absolute atomic E-state index is 0.157. The van der Waals surface area contributed by atoms with E-state index in [1.807, 2.05) is 11.9 Å². The van der Waals surface area contributed by atoms with Crippen molar-refractivity contribution in [3.63, 3.8) is 0 Å². The zero-order valence-corrected chi connectivity index (χ0v) is 11.8. The lowest BCUT2D eigenvalue weighted by Gasteiger charge is -2.37. The van der Waals surface area contributed by atoms with Crippen LogP contribution >= 0.6 is 0 Å². The molecule has 2 N–H and O–H groups in total. The highest BCUT2D eigenvalue weighted by molar-refractivity contribution is 5.29. The van der Waals surface area contributed by atoms with E-state index in [2.05, 4.69) is 4.90 Å². The molecule has 3 nitrogen and oxygen atoms in total. The van der Waals surface area contributed by atoms with Gasteiger partial charge >= 0.3 is 6.18 Å². The van der Waals surface area contributed by atoms with E-state index >= 15 is 0 Å². The van der Waals surface area contributed by atoms with Gasteiger partial charge < -0.3 is 10.6 Å². The van der Waals surface area contributed by atoms with Crippen LogP contribution in [0.3, 0.4) is 0 Å². The Balaban J connectivity index is 2.27. The number of halogens is 4. The van der Waals surface area contributed by atoms with Crippen molar-refractivity contribution in [3.8, 4) is 0 Å². The van der Waals surface area contributed by atoms with Crippen LogP contribution in [0.15, 0.2) is 18.2 Å². The fourth-order valence-electron chi connectivity index (χ4n) is 2.60. The normalized spacial score (nSPS) is 19.7. The molecule has 1 saturated heterocycles. The summed E-state index contributed by atoms with van der Waals surface area (Å²) in [5, 5.41) is 0. The van der Waals surface area contributed by atoms with Gasteiger partial charge in [-0.2, -0.15) is 13.2 Å². The topological polar surface area (TPSA) is 32.5 Å². The number of hydrogen-bond acceptors (Lipinski definition) is 3. The van der Waals surface area contributed by atoms with Crippen molar-refractivity contribution < 1.29 is 17.6 Å². The molecule has 1 aliphatic heterocycles. The van der Waals surface area contributed by atoms with E-state index in [-0.39, 0.29) is 12.1 Å². The zero-order valence-electron chi connectivity index (χ0n) is 11.8. The molecular formula is C14H19F4N3. The molecule has 0 aliphatic carbocycles. The summed E-state index contributed by atoms with van der Waals surface area (Å²) in [4.78, 5) is 4.14. The summed E-state index contributed by atoms with van der Waals surface area (Å²) in [5.41, 5.74) is 5.04. The minimum Gasteiger partial charge on any atom is -0.329 e. The first-order valence-electron chi connectivity index (χ1n) is 6.81. The monoisotopic (exact) mass is 305 g/mol. The van der Waals surface area contributed by atoms with Gasteiger partial charge in [0.1, 0.15) is 5.82 Å². The second kappa shape index (κ2) is 6.29. The number of alkyl halides is 3. The predicted octanol–water partition coefficient (Wildman–Crippen LogP) is 2.09. The summed E-state index contributed by atoms with van der Waals surface area (Å²) in [5.74, 6) is -0.882. The van der Waals surface area contributed by atoms with E-state index in [1.165, 1.54) is 0 Å². The largest absolute Gasteiger partial charge is 0.416 e. The number of rotatable bonds is 3. The van der Waals surface area contributed by atoms with Gasteiger partial charge in [-0.3, -0.25) is 4.90 Å². The van der Waals surface area contributed by atoms with Crippen molar-refractivity contribution in [1.29, 1.82) is 0 Å². The Morgan fingerprint density at radius 2 is 1.76 bits per heavy atom. The summed E-state index contributed by atoms with van der Waals surface area (Å²) in [6.45, 7) is 3.20. The molecule has 0 aromatic heterocycles. The van der Waals surface area contributed by atoms with Crippen molar-refractivity contribution in [1.82, 2.24) is 9.80 Å². The van der Waals surface area contributed by atoms with Crippen molar-refractivity contribution in [3.05, 3.63) is 35.1 Å². The number of piperazine rings is 1. The molecule has 21 heavy (non-hydrogen) atoms. The lowest BCUT2D eigenvalue weighted by Crippen LogP contribution is -2.47. The molecule has 1 heterocycles. The molecule has 0 saturated carbocycles. The highest BCUT2D eigenvalue weighted by atomic mass is 19.4. The molecule has 2 rings (SSSR count). The lowest BCUT2D eigenvalue weighted by molar-refractivity contribution is -0.137. The fraction of sp³-hybridized carbons (Fsp3) is 0.571. The van der Waals surface area contributed by atoms with Gasteiger partial charge in [-0.15, -0.1) is 0 Å². The summed E-state index contributed by atoms with van der Waals surface area (Å²) >= 11 is 0. The highest BCUT2D eigenvalue weighted by Crippen LogP contribution is 2.32. The lowest BCUT2D eigenvalue weighted by atomic mass is 10.0. The first-order chi connectivity index (χ1) is 9.81. The SMILES string of the molecule is CN1CCN(C(CN)c2cc(F)cc(C(F)(F)F)c2)CC1. The van der Waals surface area contributed by atoms with Gasteiger partial charge in [0.15, 0.2) is 0 Å². The van der Waals surface area contributed by atoms with Crippen LogP contribution in [-0.2, 0) is 6.18 Å².